The van der Waals surface area contributed by atoms with Gasteiger partial charge in [0.1, 0.15) is 0 Å². The molecule has 0 spiro atoms. The van der Waals surface area contributed by atoms with Gasteiger partial charge in [0, 0.05) is 17.8 Å². The summed E-state index contributed by atoms with van der Waals surface area (Å²) >= 11 is 1.38. The molecule has 1 aromatic heterocycles. The first kappa shape index (κ1) is 20.9. The average molecular weight is 407 g/mol. The van der Waals surface area contributed by atoms with Gasteiger partial charge < -0.3 is 5.32 Å². The fourth-order valence-corrected chi connectivity index (χ4v) is 3.89. The van der Waals surface area contributed by atoms with Crippen molar-refractivity contribution in [1.82, 2.24) is 14.8 Å². The predicted molar refractivity (Wildman–Crippen MR) is 120 cm³/mol. The molecular weight excluding hydrogens is 380 g/mol. The lowest BCUT2D eigenvalue weighted by Crippen LogP contribution is -2.17. The van der Waals surface area contributed by atoms with Crippen LogP contribution in [0.25, 0.3) is 11.4 Å². The van der Waals surface area contributed by atoms with Crippen LogP contribution < -0.4 is 5.32 Å². The normalized spacial score (nSPS) is 10.9. The molecule has 6 heteroatoms. The second-order valence-electron chi connectivity index (χ2n) is 7.10. The molecule has 1 heterocycles. The van der Waals surface area contributed by atoms with Crippen LogP contribution in [0.3, 0.4) is 0 Å². The van der Waals surface area contributed by atoms with Crippen LogP contribution in [-0.2, 0) is 11.3 Å². The maximum Gasteiger partial charge on any atom is 0.234 e. The number of aromatic nitrogens is 3. The standard InChI is InChI=1S/C23H26N4OS/c1-5-14-27-22(18-11-7-6-8-12-18)25-26-23(27)29-15-20(28)24-21-17(4)10-9-13-19(21)16(2)3/h5-13,16H,1,14-15H2,2-4H3,(H,24,28). The molecule has 2 aromatic carbocycles. The van der Waals surface area contributed by atoms with Gasteiger partial charge in [0.05, 0.1) is 5.75 Å². The van der Waals surface area contributed by atoms with E-state index in [4.69, 9.17) is 0 Å². The SMILES string of the molecule is C=CCn1c(SCC(=O)Nc2c(C)cccc2C(C)C)nnc1-c1ccccc1. The van der Waals surface area contributed by atoms with Crippen molar-refractivity contribution in [2.75, 3.05) is 11.1 Å². The van der Waals surface area contributed by atoms with Crippen LogP contribution in [0.1, 0.15) is 30.9 Å². The molecule has 1 amide bonds. The molecule has 0 bridgehead atoms. The van der Waals surface area contributed by atoms with Crippen LogP contribution in [-0.4, -0.2) is 26.4 Å². The highest BCUT2D eigenvalue weighted by molar-refractivity contribution is 7.99. The van der Waals surface area contributed by atoms with Crippen molar-refractivity contribution < 1.29 is 4.79 Å². The molecule has 150 valence electrons. The molecule has 0 fully saturated rings. The van der Waals surface area contributed by atoms with E-state index in [2.05, 4.69) is 42.0 Å². The zero-order valence-corrected chi connectivity index (χ0v) is 17.9. The highest BCUT2D eigenvalue weighted by Gasteiger charge is 2.16. The van der Waals surface area contributed by atoms with Crippen molar-refractivity contribution in [3.8, 4) is 11.4 Å². The van der Waals surface area contributed by atoms with Gasteiger partial charge in [-0.3, -0.25) is 9.36 Å². The second kappa shape index (κ2) is 9.56. The Bertz CT molecular complexity index is 995. The fraction of sp³-hybridized carbons (Fsp3) is 0.261. The zero-order valence-electron chi connectivity index (χ0n) is 17.1. The van der Waals surface area contributed by atoms with Crippen LogP contribution in [0, 0.1) is 6.92 Å². The highest BCUT2D eigenvalue weighted by Crippen LogP contribution is 2.28. The van der Waals surface area contributed by atoms with Crippen molar-refractivity contribution >= 4 is 23.4 Å². The number of hydrogen-bond donors (Lipinski definition) is 1. The van der Waals surface area contributed by atoms with Gasteiger partial charge in [-0.05, 0) is 24.0 Å². The molecule has 1 N–H and O–H groups in total. The molecule has 29 heavy (non-hydrogen) atoms. The molecule has 3 aromatic rings. The van der Waals surface area contributed by atoms with E-state index in [1.807, 2.05) is 60.0 Å². The van der Waals surface area contributed by atoms with Crippen LogP contribution in [0.15, 0.2) is 66.3 Å². The number of anilines is 1. The van der Waals surface area contributed by atoms with Gasteiger partial charge in [0.2, 0.25) is 5.91 Å². The molecular formula is C23H26N4OS. The van der Waals surface area contributed by atoms with E-state index in [1.165, 1.54) is 11.8 Å². The average Bonchev–Trinajstić information content (AvgIpc) is 3.11. The first-order valence-electron chi connectivity index (χ1n) is 9.63. The Labute approximate surface area is 176 Å². The number of aryl methyl sites for hydroxylation is 1. The first-order chi connectivity index (χ1) is 14.0. The summed E-state index contributed by atoms with van der Waals surface area (Å²) in [6.45, 7) is 10.7. The number of amides is 1. The number of carbonyl (C=O) groups excluding carboxylic acids is 1. The van der Waals surface area contributed by atoms with E-state index in [0.29, 0.717) is 17.6 Å². The number of allylic oxidation sites excluding steroid dienone is 1. The fourth-order valence-electron chi connectivity index (χ4n) is 3.14. The molecule has 0 radical (unpaired) electrons. The first-order valence-corrected chi connectivity index (χ1v) is 10.6. The van der Waals surface area contributed by atoms with Gasteiger partial charge in [-0.1, -0.05) is 80.2 Å². The molecule has 0 saturated carbocycles. The minimum Gasteiger partial charge on any atom is -0.325 e. The zero-order chi connectivity index (χ0) is 20.8. The third-order valence-electron chi connectivity index (χ3n) is 4.58. The van der Waals surface area contributed by atoms with Gasteiger partial charge in [-0.2, -0.15) is 0 Å². The summed E-state index contributed by atoms with van der Waals surface area (Å²) in [5.74, 6) is 1.31. The lowest BCUT2D eigenvalue weighted by Gasteiger charge is -2.16. The van der Waals surface area contributed by atoms with Crippen molar-refractivity contribution in [2.24, 2.45) is 0 Å². The van der Waals surface area contributed by atoms with E-state index < -0.39 is 0 Å². The Morgan fingerprint density at radius 3 is 2.62 bits per heavy atom. The van der Waals surface area contributed by atoms with Gasteiger partial charge in [0.25, 0.3) is 0 Å². The van der Waals surface area contributed by atoms with Gasteiger partial charge in [-0.25, -0.2) is 0 Å². The number of benzene rings is 2. The summed E-state index contributed by atoms with van der Waals surface area (Å²) in [6.07, 6.45) is 1.81. The summed E-state index contributed by atoms with van der Waals surface area (Å²) < 4.78 is 1.98. The Kier molecular flexibility index (Phi) is 6.88. The molecule has 0 unspecified atom stereocenters. The monoisotopic (exact) mass is 406 g/mol. The molecule has 0 aliphatic carbocycles. The molecule has 0 atom stereocenters. The van der Waals surface area contributed by atoms with Crippen molar-refractivity contribution in [2.45, 2.75) is 38.4 Å². The van der Waals surface area contributed by atoms with E-state index in [-0.39, 0.29) is 11.7 Å². The van der Waals surface area contributed by atoms with Crippen LogP contribution in [0.2, 0.25) is 0 Å². The molecule has 5 nitrogen and oxygen atoms in total. The number of hydrogen-bond acceptors (Lipinski definition) is 4. The molecule has 3 rings (SSSR count). The van der Waals surface area contributed by atoms with E-state index >= 15 is 0 Å². The largest absolute Gasteiger partial charge is 0.325 e. The minimum atomic E-state index is -0.0550. The molecule has 0 aliphatic heterocycles. The molecule has 0 saturated heterocycles. The van der Waals surface area contributed by atoms with Crippen molar-refractivity contribution in [3.63, 3.8) is 0 Å². The third kappa shape index (κ3) is 4.95. The van der Waals surface area contributed by atoms with E-state index in [9.17, 15) is 4.79 Å². The summed E-state index contributed by atoms with van der Waals surface area (Å²) in [7, 11) is 0. The van der Waals surface area contributed by atoms with E-state index in [1.54, 1.807) is 0 Å². The van der Waals surface area contributed by atoms with Crippen LogP contribution in [0.5, 0.6) is 0 Å². The summed E-state index contributed by atoms with van der Waals surface area (Å²) in [6, 6.07) is 16.0. The van der Waals surface area contributed by atoms with Gasteiger partial charge in [-0.15, -0.1) is 16.8 Å². The van der Waals surface area contributed by atoms with Crippen LogP contribution >= 0.6 is 11.8 Å². The smallest absolute Gasteiger partial charge is 0.234 e. The Balaban J connectivity index is 1.75. The molecule has 0 aliphatic rings. The maximum absolute atomic E-state index is 12.6. The summed E-state index contributed by atoms with van der Waals surface area (Å²) in [5.41, 5.74) is 4.10. The summed E-state index contributed by atoms with van der Waals surface area (Å²) in [5, 5.41) is 12.4. The minimum absolute atomic E-state index is 0.0550. The number of carbonyl (C=O) groups is 1. The topological polar surface area (TPSA) is 59.8 Å². The van der Waals surface area contributed by atoms with Gasteiger partial charge >= 0.3 is 0 Å². The lowest BCUT2D eigenvalue weighted by molar-refractivity contribution is -0.113. The summed E-state index contributed by atoms with van der Waals surface area (Å²) in [4.78, 5) is 12.6. The van der Waals surface area contributed by atoms with Crippen LogP contribution in [0.4, 0.5) is 5.69 Å². The number of rotatable bonds is 8. The lowest BCUT2D eigenvalue weighted by atomic mass is 9.98. The third-order valence-corrected chi connectivity index (χ3v) is 5.55. The van der Waals surface area contributed by atoms with Gasteiger partial charge in [0.15, 0.2) is 11.0 Å². The quantitative estimate of drug-likeness (QED) is 0.408. The number of nitrogens with zero attached hydrogens (tertiary/aromatic N) is 3. The van der Waals surface area contributed by atoms with Crippen molar-refractivity contribution in [3.05, 3.63) is 72.3 Å². The highest BCUT2D eigenvalue weighted by atomic mass is 32.2. The Morgan fingerprint density at radius 2 is 1.93 bits per heavy atom. The number of para-hydroxylation sites is 1. The van der Waals surface area contributed by atoms with E-state index in [0.717, 1.165) is 28.2 Å². The maximum atomic E-state index is 12.6. The second-order valence-corrected chi connectivity index (χ2v) is 8.04. The predicted octanol–water partition coefficient (Wildman–Crippen LogP) is 5.29. The Hall–Kier alpha value is -2.86. The number of thioether (sulfide) groups is 1. The van der Waals surface area contributed by atoms with Crippen molar-refractivity contribution in [1.29, 1.82) is 0 Å². The Morgan fingerprint density at radius 1 is 1.17 bits per heavy atom. The number of nitrogens with one attached hydrogen (secondary N) is 1.